The minimum atomic E-state index is -2.92. The number of carbonyl (C=O) groups is 2. The number of ether oxygens (including phenoxy) is 1. The van der Waals surface area contributed by atoms with Gasteiger partial charge in [-0.1, -0.05) is 0 Å². The number of benzene rings is 1. The molecule has 0 spiro atoms. The lowest BCUT2D eigenvalue weighted by molar-refractivity contribution is -0.141. The van der Waals surface area contributed by atoms with E-state index in [1.165, 1.54) is 29.2 Å². The molecule has 1 amide bonds. The molecule has 1 aromatic carbocycles. The highest BCUT2D eigenvalue weighted by molar-refractivity contribution is 5.97. The second-order valence-electron chi connectivity index (χ2n) is 4.40. The van der Waals surface area contributed by atoms with E-state index < -0.39 is 24.5 Å². The minimum Gasteiger partial charge on any atom is -0.480 e. The lowest BCUT2D eigenvalue weighted by atomic mass is 10.1. The number of carboxylic acids is 1. The smallest absolute Gasteiger partial charge is 0.387 e. The van der Waals surface area contributed by atoms with Gasteiger partial charge in [0.1, 0.15) is 11.8 Å². The van der Waals surface area contributed by atoms with Crippen molar-refractivity contribution in [1.82, 2.24) is 4.90 Å². The lowest BCUT2D eigenvalue weighted by Gasteiger charge is -2.21. The van der Waals surface area contributed by atoms with Gasteiger partial charge in [-0.3, -0.25) is 4.79 Å². The summed E-state index contributed by atoms with van der Waals surface area (Å²) in [6, 6.07) is 4.38. The molecular formula is C13H13F2NO4. The first kappa shape index (κ1) is 14.2. The van der Waals surface area contributed by atoms with Crippen LogP contribution in [-0.2, 0) is 4.79 Å². The van der Waals surface area contributed by atoms with Gasteiger partial charge in [0.2, 0.25) is 0 Å². The molecular weight excluding hydrogens is 272 g/mol. The van der Waals surface area contributed by atoms with Crippen molar-refractivity contribution in [2.75, 3.05) is 6.54 Å². The van der Waals surface area contributed by atoms with Gasteiger partial charge in [0.25, 0.3) is 5.91 Å². The van der Waals surface area contributed by atoms with E-state index in [-0.39, 0.29) is 11.3 Å². The first-order valence-corrected chi connectivity index (χ1v) is 6.07. The van der Waals surface area contributed by atoms with E-state index in [4.69, 9.17) is 5.11 Å². The predicted molar refractivity (Wildman–Crippen MR) is 64.8 cm³/mol. The van der Waals surface area contributed by atoms with E-state index in [1.54, 1.807) is 0 Å². The number of hydrogen-bond donors (Lipinski definition) is 1. The van der Waals surface area contributed by atoms with E-state index in [1.807, 2.05) is 0 Å². The standard InChI is InChI=1S/C13H13F2NO4/c14-13(15)20-9-5-3-8(4-6-9)11(17)16-7-1-2-10(16)12(18)19/h3-6,10,13H,1-2,7H2,(H,18,19). The molecule has 1 atom stereocenters. The Kier molecular flexibility index (Phi) is 4.16. The van der Waals surface area contributed by atoms with Crippen LogP contribution in [0.3, 0.4) is 0 Å². The van der Waals surface area contributed by atoms with Crippen molar-refractivity contribution in [2.45, 2.75) is 25.5 Å². The van der Waals surface area contributed by atoms with Crippen LogP contribution in [0.15, 0.2) is 24.3 Å². The molecule has 1 unspecified atom stereocenters. The summed E-state index contributed by atoms with van der Waals surface area (Å²) in [5.41, 5.74) is 0.250. The normalized spacial score (nSPS) is 18.4. The van der Waals surface area contributed by atoms with Crippen LogP contribution < -0.4 is 4.74 Å². The Labute approximate surface area is 113 Å². The Morgan fingerprint density at radius 3 is 2.50 bits per heavy atom. The Balaban J connectivity index is 2.11. The molecule has 5 nitrogen and oxygen atoms in total. The molecule has 2 rings (SSSR count). The van der Waals surface area contributed by atoms with Gasteiger partial charge in [-0.25, -0.2) is 4.79 Å². The first-order valence-electron chi connectivity index (χ1n) is 6.07. The topological polar surface area (TPSA) is 66.8 Å². The zero-order valence-electron chi connectivity index (χ0n) is 10.5. The molecule has 0 saturated carbocycles. The van der Waals surface area contributed by atoms with E-state index in [0.29, 0.717) is 19.4 Å². The van der Waals surface area contributed by atoms with Gasteiger partial charge < -0.3 is 14.7 Å². The number of rotatable bonds is 4. The summed E-state index contributed by atoms with van der Waals surface area (Å²) in [4.78, 5) is 24.5. The monoisotopic (exact) mass is 285 g/mol. The molecule has 1 saturated heterocycles. The molecule has 1 aromatic rings. The van der Waals surface area contributed by atoms with Crippen LogP contribution in [0.2, 0.25) is 0 Å². The fourth-order valence-corrected chi connectivity index (χ4v) is 2.21. The van der Waals surface area contributed by atoms with Crippen LogP contribution in [0.5, 0.6) is 5.75 Å². The highest BCUT2D eigenvalue weighted by atomic mass is 19.3. The second-order valence-corrected chi connectivity index (χ2v) is 4.40. The van der Waals surface area contributed by atoms with Gasteiger partial charge in [-0.15, -0.1) is 0 Å². The van der Waals surface area contributed by atoms with Crippen molar-refractivity contribution in [2.24, 2.45) is 0 Å². The molecule has 0 aliphatic carbocycles. The predicted octanol–water partition coefficient (Wildman–Crippen LogP) is 1.98. The number of likely N-dealkylation sites (tertiary alicyclic amines) is 1. The minimum absolute atomic E-state index is 0.0484. The van der Waals surface area contributed by atoms with Crippen LogP contribution >= 0.6 is 0 Å². The highest BCUT2D eigenvalue weighted by Gasteiger charge is 2.34. The average molecular weight is 285 g/mol. The van der Waals surface area contributed by atoms with Crippen molar-refractivity contribution >= 4 is 11.9 Å². The summed E-state index contributed by atoms with van der Waals surface area (Å²) in [5.74, 6) is -1.50. The first-order chi connectivity index (χ1) is 9.49. The third kappa shape index (κ3) is 3.04. The number of hydrogen-bond acceptors (Lipinski definition) is 3. The number of amides is 1. The molecule has 1 N–H and O–H groups in total. The van der Waals surface area contributed by atoms with Crippen LogP contribution in [-0.4, -0.2) is 41.1 Å². The third-order valence-electron chi connectivity index (χ3n) is 3.13. The Bertz CT molecular complexity index is 504. The average Bonchev–Trinajstić information content (AvgIpc) is 2.87. The summed E-state index contributed by atoms with van der Waals surface area (Å²) >= 11 is 0. The van der Waals surface area contributed by atoms with Gasteiger partial charge in [0.05, 0.1) is 0 Å². The number of halogens is 2. The van der Waals surface area contributed by atoms with Gasteiger partial charge in [0.15, 0.2) is 0 Å². The van der Waals surface area contributed by atoms with Crippen LogP contribution in [0, 0.1) is 0 Å². The van der Waals surface area contributed by atoms with Crippen molar-refractivity contribution in [3.8, 4) is 5.75 Å². The lowest BCUT2D eigenvalue weighted by Crippen LogP contribution is -2.40. The SMILES string of the molecule is O=C(O)C1CCCN1C(=O)c1ccc(OC(F)F)cc1. The van der Waals surface area contributed by atoms with Crippen molar-refractivity contribution in [1.29, 1.82) is 0 Å². The second kappa shape index (κ2) is 5.85. The molecule has 1 heterocycles. The maximum Gasteiger partial charge on any atom is 0.387 e. The zero-order chi connectivity index (χ0) is 14.7. The summed E-state index contributed by atoms with van der Waals surface area (Å²) in [6.07, 6.45) is 1.06. The van der Waals surface area contributed by atoms with E-state index in [2.05, 4.69) is 4.74 Å². The van der Waals surface area contributed by atoms with Gasteiger partial charge in [-0.05, 0) is 37.1 Å². The van der Waals surface area contributed by atoms with Gasteiger partial charge >= 0.3 is 12.6 Å². The number of alkyl halides is 2. The molecule has 0 aromatic heterocycles. The largest absolute Gasteiger partial charge is 0.480 e. The summed E-state index contributed by atoms with van der Waals surface area (Å²) < 4.78 is 28.2. The maximum atomic E-state index is 12.2. The van der Waals surface area contributed by atoms with Crippen molar-refractivity contribution in [3.05, 3.63) is 29.8 Å². The molecule has 1 fully saturated rings. The fourth-order valence-electron chi connectivity index (χ4n) is 2.21. The molecule has 20 heavy (non-hydrogen) atoms. The van der Waals surface area contributed by atoms with Crippen molar-refractivity contribution < 1.29 is 28.2 Å². The van der Waals surface area contributed by atoms with Crippen molar-refractivity contribution in [3.63, 3.8) is 0 Å². The molecule has 0 bridgehead atoms. The third-order valence-corrected chi connectivity index (χ3v) is 3.13. The molecule has 108 valence electrons. The summed E-state index contributed by atoms with van der Waals surface area (Å²) in [5, 5.41) is 9.03. The number of carbonyl (C=O) groups excluding carboxylic acids is 1. The Morgan fingerprint density at radius 2 is 1.95 bits per heavy atom. The fraction of sp³-hybridized carbons (Fsp3) is 0.385. The van der Waals surface area contributed by atoms with E-state index >= 15 is 0 Å². The Morgan fingerprint density at radius 1 is 1.30 bits per heavy atom. The van der Waals surface area contributed by atoms with Crippen LogP contribution in [0.4, 0.5) is 8.78 Å². The molecule has 0 radical (unpaired) electrons. The van der Waals surface area contributed by atoms with Gasteiger partial charge in [0, 0.05) is 12.1 Å². The van der Waals surface area contributed by atoms with E-state index in [9.17, 15) is 18.4 Å². The number of carboxylic acid groups (broad SMARTS) is 1. The van der Waals surface area contributed by atoms with Crippen LogP contribution in [0.1, 0.15) is 23.2 Å². The highest BCUT2D eigenvalue weighted by Crippen LogP contribution is 2.22. The molecule has 7 heteroatoms. The summed E-state index contributed by atoms with van der Waals surface area (Å²) in [6.45, 7) is -2.54. The Hall–Kier alpha value is -2.18. The molecule has 1 aliphatic rings. The zero-order valence-corrected chi connectivity index (χ0v) is 10.5. The van der Waals surface area contributed by atoms with Crippen LogP contribution in [0.25, 0.3) is 0 Å². The van der Waals surface area contributed by atoms with E-state index in [0.717, 1.165) is 0 Å². The number of nitrogens with zero attached hydrogens (tertiary/aromatic N) is 1. The number of aliphatic carboxylic acids is 1. The maximum absolute atomic E-state index is 12.2. The summed E-state index contributed by atoms with van der Waals surface area (Å²) in [7, 11) is 0. The molecule has 1 aliphatic heterocycles. The van der Waals surface area contributed by atoms with Gasteiger partial charge in [-0.2, -0.15) is 8.78 Å². The quantitative estimate of drug-likeness (QED) is 0.918.